The largest absolute Gasteiger partial charge is 0.311 e. The number of allylic oxidation sites excluding steroid dienone is 2. The van der Waals surface area contributed by atoms with Gasteiger partial charge in [0.25, 0.3) is 0 Å². The first-order chi connectivity index (χ1) is 8.37. The summed E-state index contributed by atoms with van der Waals surface area (Å²) in [6, 6.07) is 2.78. The SMILES string of the molecule is C=C/C(Br)=C\SC1CNC(CC(C)(C)C)C1C#N. The van der Waals surface area contributed by atoms with E-state index in [9.17, 15) is 5.26 Å². The molecule has 4 heteroatoms. The van der Waals surface area contributed by atoms with Gasteiger partial charge < -0.3 is 5.32 Å². The molecule has 3 unspecified atom stereocenters. The zero-order valence-electron chi connectivity index (χ0n) is 11.2. The molecule has 18 heavy (non-hydrogen) atoms. The van der Waals surface area contributed by atoms with Crippen molar-refractivity contribution in [3.63, 3.8) is 0 Å². The molecule has 0 saturated carbocycles. The normalized spacial score (nSPS) is 29.1. The summed E-state index contributed by atoms with van der Waals surface area (Å²) in [6.07, 6.45) is 2.80. The molecule has 1 heterocycles. The van der Waals surface area contributed by atoms with Crippen LogP contribution in [0.5, 0.6) is 0 Å². The molecule has 2 nitrogen and oxygen atoms in total. The summed E-state index contributed by atoms with van der Waals surface area (Å²) in [7, 11) is 0. The fourth-order valence-electron chi connectivity index (χ4n) is 2.15. The zero-order chi connectivity index (χ0) is 13.8. The third-order valence-electron chi connectivity index (χ3n) is 2.95. The predicted octanol–water partition coefficient (Wildman–Crippen LogP) is 4.06. The van der Waals surface area contributed by atoms with Crippen LogP contribution in [0.4, 0.5) is 0 Å². The zero-order valence-corrected chi connectivity index (χ0v) is 13.6. The molecule has 1 fully saturated rings. The van der Waals surface area contributed by atoms with Crippen molar-refractivity contribution in [2.45, 2.75) is 38.5 Å². The first kappa shape index (κ1) is 15.8. The van der Waals surface area contributed by atoms with E-state index in [1.54, 1.807) is 17.8 Å². The van der Waals surface area contributed by atoms with Crippen LogP contribution in [0.25, 0.3) is 0 Å². The smallest absolute Gasteiger partial charge is 0.0750 e. The van der Waals surface area contributed by atoms with Crippen molar-refractivity contribution in [2.75, 3.05) is 6.54 Å². The van der Waals surface area contributed by atoms with Crippen molar-refractivity contribution in [2.24, 2.45) is 11.3 Å². The van der Waals surface area contributed by atoms with Gasteiger partial charge in [-0.05, 0) is 17.2 Å². The van der Waals surface area contributed by atoms with Crippen LogP contribution in [0.2, 0.25) is 0 Å². The highest BCUT2D eigenvalue weighted by Gasteiger charge is 2.37. The van der Waals surface area contributed by atoms with Gasteiger partial charge in [-0.25, -0.2) is 0 Å². The summed E-state index contributed by atoms with van der Waals surface area (Å²) >= 11 is 5.12. The summed E-state index contributed by atoms with van der Waals surface area (Å²) in [5, 5.41) is 15.2. The van der Waals surface area contributed by atoms with E-state index in [0.717, 1.165) is 17.4 Å². The minimum Gasteiger partial charge on any atom is -0.311 e. The molecular weight excluding hydrogens is 308 g/mol. The van der Waals surface area contributed by atoms with E-state index in [1.807, 2.05) is 5.41 Å². The Morgan fingerprint density at radius 2 is 2.28 bits per heavy atom. The van der Waals surface area contributed by atoms with Gasteiger partial charge in [0.05, 0.1) is 12.0 Å². The monoisotopic (exact) mass is 328 g/mol. The molecule has 0 aliphatic carbocycles. The van der Waals surface area contributed by atoms with Crippen molar-refractivity contribution in [1.82, 2.24) is 5.32 Å². The number of hydrogen-bond donors (Lipinski definition) is 1. The van der Waals surface area contributed by atoms with Crippen LogP contribution < -0.4 is 5.32 Å². The maximum Gasteiger partial charge on any atom is 0.0750 e. The fraction of sp³-hybridized carbons (Fsp3) is 0.643. The highest BCUT2D eigenvalue weighted by atomic mass is 79.9. The quantitative estimate of drug-likeness (QED) is 0.790. The molecule has 0 bridgehead atoms. The average molecular weight is 329 g/mol. The summed E-state index contributed by atoms with van der Waals surface area (Å²) < 4.78 is 0.975. The molecule has 0 aromatic carbocycles. The van der Waals surface area contributed by atoms with Gasteiger partial charge in [0, 0.05) is 22.3 Å². The first-order valence-electron chi connectivity index (χ1n) is 6.14. The van der Waals surface area contributed by atoms with Crippen LogP contribution in [0.3, 0.4) is 0 Å². The van der Waals surface area contributed by atoms with E-state index in [2.05, 4.69) is 54.7 Å². The Balaban J connectivity index is 2.64. The van der Waals surface area contributed by atoms with Crippen molar-refractivity contribution in [3.8, 4) is 6.07 Å². The molecule has 1 aliphatic heterocycles. The van der Waals surface area contributed by atoms with E-state index in [-0.39, 0.29) is 11.3 Å². The lowest BCUT2D eigenvalue weighted by molar-refractivity contribution is 0.308. The Labute approximate surface area is 123 Å². The summed E-state index contributed by atoms with van der Waals surface area (Å²) in [6.45, 7) is 11.3. The maximum absolute atomic E-state index is 9.37. The van der Waals surface area contributed by atoms with Crippen LogP contribution >= 0.6 is 27.7 Å². The molecule has 0 aromatic rings. The van der Waals surface area contributed by atoms with E-state index in [0.29, 0.717) is 11.3 Å². The Hall–Kier alpha value is -0.240. The first-order valence-corrected chi connectivity index (χ1v) is 7.87. The minimum absolute atomic E-state index is 0.0793. The van der Waals surface area contributed by atoms with Crippen molar-refractivity contribution in [1.29, 1.82) is 5.26 Å². The lowest BCUT2D eigenvalue weighted by Gasteiger charge is -2.25. The van der Waals surface area contributed by atoms with Crippen LogP contribution in [0.1, 0.15) is 27.2 Å². The van der Waals surface area contributed by atoms with Gasteiger partial charge in [-0.15, -0.1) is 11.8 Å². The van der Waals surface area contributed by atoms with Gasteiger partial charge in [-0.3, -0.25) is 0 Å². The lowest BCUT2D eigenvalue weighted by atomic mass is 9.84. The number of nitriles is 1. The van der Waals surface area contributed by atoms with Gasteiger partial charge in [0.15, 0.2) is 0 Å². The summed E-state index contributed by atoms with van der Waals surface area (Å²) in [4.78, 5) is 0. The molecule has 1 aliphatic rings. The van der Waals surface area contributed by atoms with E-state index in [1.165, 1.54) is 0 Å². The van der Waals surface area contributed by atoms with Crippen LogP contribution in [0.15, 0.2) is 22.5 Å². The Morgan fingerprint density at radius 3 is 2.78 bits per heavy atom. The molecule has 3 atom stereocenters. The van der Waals surface area contributed by atoms with Gasteiger partial charge >= 0.3 is 0 Å². The van der Waals surface area contributed by atoms with Crippen molar-refractivity contribution in [3.05, 3.63) is 22.5 Å². The molecular formula is C14H21BrN2S. The number of nitrogens with one attached hydrogen (secondary N) is 1. The second-order valence-electron chi connectivity index (χ2n) is 5.82. The topological polar surface area (TPSA) is 35.8 Å². The van der Waals surface area contributed by atoms with Gasteiger partial charge in [-0.2, -0.15) is 5.26 Å². The van der Waals surface area contributed by atoms with E-state index in [4.69, 9.17) is 0 Å². The number of halogens is 1. The summed E-state index contributed by atoms with van der Waals surface area (Å²) in [5.41, 5.74) is 0.254. The fourth-order valence-corrected chi connectivity index (χ4v) is 3.48. The van der Waals surface area contributed by atoms with Gasteiger partial charge in [-0.1, -0.05) is 49.4 Å². The van der Waals surface area contributed by atoms with Crippen LogP contribution in [-0.2, 0) is 0 Å². The Morgan fingerprint density at radius 1 is 1.61 bits per heavy atom. The molecule has 0 aromatic heterocycles. The molecule has 0 radical (unpaired) electrons. The van der Waals surface area contributed by atoms with Crippen LogP contribution in [-0.4, -0.2) is 17.8 Å². The lowest BCUT2D eigenvalue weighted by Crippen LogP contribution is -2.31. The highest BCUT2D eigenvalue weighted by molar-refractivity contribution is 9.12. The van der Waals surface area contributed by atoms with Gasteiger partial charge in [0.2, 0.25) is 0 Å². The van der Waals surface area contributed by atoms with Crippen LogP contribution in [0, 0.1) is 22.7 Å². The molecule has 0 spiro atoms. The second-order valence-corrected chi connectivity index (χ2v) is 7.84. The van der Waals surface area contributed by atoms with Crippen molar-refractivity contribution >= 4 is 27.7 Å². The molecule has 1 N–H and O–H groups in total. The van der Waals surface area contributed by atoms with E-state index < -0.39 is 0 Å². The van der Waals surface area contributed by atoms with E-state index >= 15 is 0 Å². The highest BCUT2D eigenvalue weighted by Crippen LogP contribution is 2.34. The molecule has 0 amide bonds. The minimum atomic E-state index is 0.0793. The number of nitrogens with zero attached hydrogens (tertiary/aromatic N) is 1. The molecule has 1 saturated heterocycles. The standard InChI is InChI=1S/C14H21BrN2S/c1-5-10(15)9-18-13-8-17-12(11(13)7-16)6-14(2,3)4/h5,9,11-13,17H,1,6,8H2,2-4H3/b10-9+. The predicted molar refractivity (Wildman–Crippen MR) is 83.6 cm³/mol. The third kappa shape index (κ3) is 4.79. The Kier molecular flexibility index (Phi) is 5.97. The number of hydrogen-bond acceptors (Lipinski definition) is 3. The van der Waals surface area contributed by atoms with Gasteiger partial charge in [0.1, 0.15) is 0 Å². The number of thioether (sulfide) groups is 1. The summed E-state index contributed by atoms with van der Waals surface area (Å²) in [5.74, 6) is 0.0793. The third-order valence-corrected chi connectivity index (χ3v) is 5.00. The molecule has 100 valence electrons. The maximum atomic E-state index is 9.37. The second kappa shape index (κ2) is 6.79. The average Bonchev–Trinajstić information content (AvgIpc) is 2.65. The molecule has 1 rings (SSSR count). The Bertz CT molecular complexity index is 365. The number of rotatable bonds is 4. The van der Waals surface area contributed by atoms with Crippen molar-refractivity contribution < 1.29 is 0 Å².